The summed E-state index contributed by atoms with van der Waals surface area (Å²) < 4.78 is 1.42. The lowest BCUT2D eigenvalue weighted by atomic mass is 10.1. The molecular formula is C10H13ClMg. The largest absolute Gasteiger partial charge is 0.538 e. The summed E-state index contributed by atoms with van der Waals surface area (Å²) in [5, 5.41) is 0. The Morgan fingerprint density at radius 1 is 1.33 bits per heavy atom. The SMILES string of the molecule is CCCCc1cccc[c]1[Mg][Cl]. The maximum absolute atomic E-state index is 5.95. The Morgan fingerprint density at radius 2 is 2.08 bits per heavy atom. The summed E-state index contributed by atoms with van der Waals surface area (Å²) in [4.78, 5) is 0. The number of hydrogen-bond acceptors (Lipinski definition) is 0. The summed E-state index contributed by atoms with van der Waals surface area (Å²) in [6.45, 7) is 2.22. The molecule has 0 nitrogen and oxygen atoms in total. The molecule has 1 rings (SSSR count). The minimum absolute atomic E-state index is 0.493. The molecule has 0 unspecified atom stereocenters. The van der Waals surface area contributed by atoms with Gasteiger partial charge in [0.2, 0.25) is 0 Å². The van der Waals surface area contributed by atoms with Crippen molar-refractivity contribution in [3.63, 3.8) is 0 Å². The first-order valence-corrected chi connectivity index (χ1v) is 7.35. The molecule has 62 valence electrons. The summed E-state index contributed by atoms with van der Waals surface area (Å²) in [5.41, 5.74) is 1.47. The summed E-state index contributed by atoms with van der Waals surface area (Å²) in [7, 11) is 5.95. The summed E-state index contributed by atoms with van der Waals surface area (Å²) >= 11 is -0.493. The second-order valence-corrected chi connectivity index (χ2v) is 4.84. The molecule has 2 heteroatoms. The van der Waals surface area contributed by atoms with Crippen molar-refractivity contribution in [3.8, 4) is 0 Å². The van der Waals surface area contributed by atoms with Crippen LogP contribution >= 0.6 is 9.07 Å². The monoisotopic (exact) mass is 192 g/mol. The van der Waals surface area contributed by atoms with E-state index in [1.165, 1.54) is 28.5 Å². The van der Waals surface area contributed by atoms with Gasteiger partial charge in [0.1, 0.15) is 0 Å². The van der Waals surface area contributed by atoms with E-state index in [1.807, 2.05) is 0 Å². The van der Waals surface area contributed by atoms with Crippen LogP contribution in [0.25, 0.3) is 0 Å². The molecule has 1 aromatic carbocycles. The molecule has 0 atom stereocenters. The predicted molar refractivity (Wildman–Crippen MR) is 56.3 cm³/mol. The number of unbranched alkanes of at least 4 members (excludes halogenated alkanes) is 1. The van der Waals surface area contributed by atoms with Crippen LogP contribution in [-0.2, 0) is 6.42 Å². The van der Waals surface area contributed by atoms with E-state index in [1.54, 1.807) is 0 Å². The molecule has 0 aliphatic carbocycles. The van der Waals surface area contributed by atoms with Crippen LogP contribution in [-0.4, -0.2) is 19.3 Å². The minimum atomic E-state index is -0.493. The third kappa shape index (κ3) is 2.96. The lowest BCUT2D eigenvalue weighted by Gasteiger charge is -2.05. The third-order valence-corrected chi connectivity index (χ3v) is 3.90. The van der Waals surface area contributed by atoms with Gasteiger partial charge < -0.3 is 9.07 Å². The molecule has 0 aliphatic rings. The van der Waals surface area contributed by atoms with E-state index in [0.29, 0.717) is 0 Å². The van der Waals surface area contributed by atoms with Crippen molar-refractivity contribution in [1.82, 2.24) is 0 Å². The molecule has 0 heterocycles. The number of benzene rings is 1. The van der Waals surface area contributed by atoms with Crippen LogP contribution in [0, 0.1) is 0 Å². The highest BCUT2D eigenvalue weighted by Gasteiger charge is 2.01. The van der Waals surface area contributed by atoms with Gasteiger partial charge in [0.15, 0.2) is 0 Å². The first-order chi connectivity index (χ1) is 5.88. The first-order valence-electron chi connectivity index (χ1n) is 4.51. The molecule has 0 N–H and O–H groups in total. The molecule has 0 spiro atoms. The highest BCUT2D eigenvalue weighted by atomic mass is 35.5. The van der Waals surface area contributed by atoms with Crippen LogP contribution in [0.15, 0.2) is 24.3 Å². The van der Waals surface area contributed by atoms with E-state index in [9.17, 15) is 0 Å². The van der Waals surface area contributed by atoms with Crippen LogP contribution in [0.2, 0.25) is 0 Å². The average molecular weight is 193 g/mol. The zero-order valence-electron chi connectivity index (χ0n) is 7.52. The summed E-state index contributed by atoms with van der Waals surface area (Å²) in [5.74, 6) is 0. The lowest BCUT2D eigenvalue weighted by molar-refractivity contribution is 0.798. The zero-order chi connectivity index (χ0) is 8.81. The molecule has 0 aromatic heterocycles. The molecule has 0 saturated heterocycles. The Morgan fingerprint density at radius 3 is 2.75 bits per heavy atom. The van der Waals surface area contributed by atoms with Gasteiger partial charge in [-0.25, -0.2) is 0 Å². The van der Waals surface area contributed by atoms with Crippen LogP contribution in [0.3, 0.4) is 0 Å². The van der Waals surface area contributed by atoms with Crippen molar-refractivity contribution in [1.29, 1.82) is 0 Å². The van der Waals surface area contributed by atoms with Crippen molar-refractivity contribution in [3.05, 3.63) is 29.8 Å². The maximum Gasteiger partial charge on any atom is 0.538 e. The molecular weight excluding hydrogens is 180 g/mol. The molecule has 0 aliphatic heterocycles. The molecule has 1 aromatic rings. The Kier molecular flexibility index (Phi) is 5.04. The molecule has 0 fully saturated rings. The maximum atomic E-state index is 5.95. The van der Waals surface area contributed by atoms with Crippen molar-refractivity contribution < 1.29 is 0 Å². The quantitative estimate of drug-likeness (QED) is 0.644. The summed E-state index contributed by atoms with van der Waals surface area (Å²) in [6, 6.07) is 8.57. The number of rotatable bonds is 4. The van der Waals surface area contributed by atoms with Gasteiger partial charge >= 0.3 is 19.3 Å². The topological polar surface area (TPSA) is 0 Å². The molecule has 0 saturated carbocycles. The van der Waals surface area contributed by atoms with Crippen LogP contribution in [0.1, 0.15) is 25.3 Å². The molecule has 0 amide bonds. The van der Waals surface area contributed by atoms with E-state index >= 15 is 0 Å². The van der Waals surface area contributed by atoms with Crippen molar-refractivity contribution >= 4 is 32.0 Å². The predicted octanol–water partition coefficient (Wildman–Crippen LogP) is 2.51. The average Bonchev–Trinajstić information content (AvgIpc) is 2.15. The van der Waals surface area contributed by atoms with E-state index in [2.05, 4.69) is 31.2 Å². The smallest absolute Gasteiger partial charge is 0.336 e. The minimum Gasteiger partial charge on any atom is -0.336 e. The second-order valence-electron chi connectivity index (χ2n) is 3.01. The van der Waals surface area contributed by atoms with E-state index in [4.69, 9.17) is 9.07 Å². The highest BCUT2D eigenvalue weighted by molar-refractivity contribution is 7.01. The molecule has 0 radical (unpaired) electrons. The van der Waals surface area contributed by atoms with Crippen LogP contribution < -0.4 is 3.69 Å². The fourth-order valence-corrected chi connectivity index (χ4v) is 2.77. The Bertz CT molecular complexity index is 235. The Hall–Kier alpha value is 0.276. The van der Waals surface area contributed by atoms with Gasteiger partial charge in [-0.3, -0.25) is 0 Å². The fourth-order valence-electron chi connectivity index (χ4n) is 1.30. The van der Waals surface area contributed by atoms with Crippen molar-refractivity contribution in [2.75, 3.05) is 0 Å². The zero-order valence-corrected chi connectivity index (χ0v) is 9.69. The van der Waals surface area contributed by atoms with Gasteiger partial charge in [0.25, 0.3) is 0 Å². The van der Waals surface area contributed by atoms with E-state index < -0.39 is 19.3 Å². The van der Waals surface area contributed by atoms with Crippen LogP contribution in [0.5, 0.6) is 0 Å². The number of hydrogen-bond donors (Lipinski definition) is 0. The standard InChI is InChI=1S/C10H13.ClH.Mg/c1-2-3-7-10-8-5-4-6-9-10;;/h4-6,8H,2-3,7H2,1H3;1H;/q;;+1/p-1. The van der Waals surface area contributed by atoms with Gasteiger partial charge in [0.05, 0.1) is 0 Å². The number of aryl methyl sites for hydroxylation is 1. The lowest BCUT2D eigenvalue weighted by Crippen LogP contribution is -2.14. The van der Waals surface area contributed by atoms with E-state index in [0.717, 1.165) is 0 Å². The van der Waals surface area contributed by atoms with Crippen molar-refractivity contribution in [2.45, 2.75) is 26.2 Å². The van der Waals surface area contributed by atoms with Crippen LogP contribution in [0.4, 0.5) is 0 Å². The van der Waals surface area contributed by atoms with E-state index in [-0.39, 0.29) is 0 Å². The van der Waals surface area contributed by atoms with Gasteiger partial charge in [-0.2, -0.15) is 0 Å². The molecule has 12 heavy (non-hydrogen) atoms. The third-order valence-electron chi connectivity index (χ3n) is 2.06. The second kappa shape index (κ2) is 5.84. The fraction of sp³-hybridized carbons (Fsp3) is 0.400. The van der Waals surface area contributed by atoms with Gasteiger partial charge in [-0.15, -0.1) is 3.69 Å². The van der Waals surface area contributed by atoms with Crippen molar-refractivity contribution in [2.24, 2.45) is 0 Å². The Labute approximate surface area is 87.8 Å². The summed E-state index contributed by atoms with van der Waals surface area (Å²) in [6.07, 6.45) is 3.74. The number of halogens is 1. The van der Waals surface area contributed by atoms with Gasteiger partial charge in [-0.1, -0.05) is 43.2 Å². The van der Waals surface area contributed by atoms with Gasteiger partial charge in [-0.05, 0) is 12.8 Å². The van der Waals surface area contributed by atoms with Gasteiger partial charge in [0, 0.05) is 0 Å². The first kappa shape index (κ1) is 10.4. The normalized spacial score (nSPS) is 9.50. The molecule has 0 bridgehead atoms. The Balaban J connectivity index is 2.68. The highest BCUT2D eigenvalue weighted by Crippen LogP contribution is 2.02.